The van der Waals surface area contributed by atoms with E-state index in [1.807, 2.05) is 6.92 Å². The van der Waals surface area contributed by atoms with Crippen molar-refractivity contribution in [1.29, 1.82) is 0 Å². The van der Waals surface area contributed by atoms with E-state index < -0.39 is 0 Å². The summed E-state index contributed by atoms with van der Waals surface area (Å²) in [6.45, 7) is 7.99. The van der Waals surface area contributed by atoms with Gasteiger partial charge in [0.2, 0.25) is 5.91 Å². The van der Waals surface area contributed by atoms with Gasteiger partial charge in [0.1, 0.15) is 0 Å². The Bertz CT molecular complexity index is 309. The van der Waals surface area contributed by atoms with Crippen LogP contribution in [0.15, 0.2) is 0 Å². The van der Waals surface area contributed by atoms with Crippen LogP contribution in [0, 0.1) is 5.92 Å². The fraction of sp³-hybridized carbons (Fsp3) is 0.933. The van der Waals surface area contributed by atoms with Crippen molar-refractivity contribution < 1.29 is 9.53 Å². The van der Waals surface area contributed by atoms with Crippen LogP contribution in [-0.2, 0) is 9.53 Å². The van der Waals surface area contributed by atoms with E-state index in [0.29, 0.717) is 18.7 Å². The Morgan fingerprint density at radius 2 is 1.95 bits per heavy atom. The topological polar surface area (TPSA) is 32.8 Å². The molecule has 2 fully saturated rings. The van der Waals surface area contributed by atoms with Crippen LogP contribution in [0.25, 0.3) is 0 Å². The molecule has 0 aromatic carbocycles. The molecule has 2 aliphatic rings. The third-order valence-corrected chi connectivity index (χ3v) is 4.69. The Hall–Kier alpha value is -0.610. The molecule has 0 bridgehead atoms. The zero-order chi connectivity index (χ0) is 13.8. The average molecular weight is 268 g/mol. The highest BCUT2D eigenvalue weighted by atomic mass is 16.5. The van der Waals surface area contributed by atoms with Crippen LogP contribution in [0.3, 0.4) is 0 Å². The summed E-state index contributed by atoms with van der Waals surface area (Å²) in [6, 6.07) is 1.03. The van der Waals surface area contributed by atoms with Gasteiger partial charge in [-0.05, 0) is 38.8 Å². The van der Waals surface area contributed by atoms with Crippen LogP contribution < -0.4 is 0 Å². The minimum absolute atomic E-state index is 0.0120. The molecule has 0 aromatic heterocycles. The van der Waals surface area contributed by atoms with Crippen molar-refractivity contribution >= 4 is 5.91 Å². The fourth-order valence-corrected chi connectivity index (χ4v) is 3.75. The molecule has 4 nitrogen and oxygen atoms in total. The maximum absolute atomic E-state index is 12.5. The average Bonchev–Trinajstić information content (AvgIpc) is 3.05. The Balaban J connectivity index is 2.02. The first-order valence-electron chi connectivity index (χ1n) is 7.72. The van der Waals surface area contributed by atoms with Gasteiger partial charge in [0.05, 0.1) is 12.5 Å². The predicted molar refractivity (Wildman–Crippen MR) is 76.0 cm³/mol. The predicted octanol–water partition coefficient (Wildman–Crippen LogP) is 1.74. The largest absolute Gasteiger partial charge is 0.384 e. The van der Waals surface area contributed by atoms with Crippen LogP contribution in [0.5, 0.6) is 0 Å². The monoisotopic (exact) mass is 268 g/mol. The van der Waals surface area contributed by atoms with Crippen LogP contribution in [0.1, 0.15) is 39.5 Å². The molecule has 2 heterocycles. The van der Waals surface area contributed by atoms with Crippen LogP contribution in [-0.4, -0.2) is 61.1 Å². The highest BCUT2D eigenvalue weighted by molar-refractivity contribution is 5.79. The SMILES string of the molecule is CCN1CCCC1C1CCCN1C(=O)C(C)COC. The molecule has 3 atom stereocenters. The summed E-state index contributed by atoms with van der Waals surface area (Å²) in [6.07, 6.45) is 4.86. The zero-order valence-corrected chi connectivity index (χ0v) is 12.6. The van der Waals surface area contributed by atoms with Crippen LogP contribution >= 0.6 is 0 Å². The molecule has 4 heteroatoms. The second kappa shape index (κ2) is 6.71. The summed E-state index contributed by atoms with van der Waals surface area (Å²) in [7, 11) is 1.67. The lowest BCUT2D eigenvalue weighted by molar-refractivity contribution is -0.138. The maximum atomic E-state index is 12.5. The first-order valence-corrected chi connectivity index (χ1v) is 7.72. The Kier molecular flexibility index (Phi) is 5.22. The molecule has 0 radical (unpaired) electrons. The second-order valence-electron chi connectivity index (χ2n) is 5.94. The molecular formula is C15H28N2O2. The van der Waals surface area contributed by atoms with E-state index in [1.165, 1.54) is 25.8 Å². The van der Waals surface area contributed by atoms with Crippen molar-refractivity contribution in [3.05, 3.63) is 0 Å². The molecule has 0 aromatic rings. The minimum atomic E-state index is -0.0120. The minimum Gasteiger partial charge on any atom is -0.384 e. The summed E-state index contributed by atoms with van der Waals surface area (Å²) in [5.41, 5.74) is 0. The number of amides is 1. The molecule has 2 aliphatic heterocycles. The van der Waals surface area contributed by atoms with Gasteiger partial charge in [-0.3, -0.25) is 9.69 Å². The van der Waals surface area contributed by atoms with E-state index in [-0.39, 0.29) is 11.8 Å². The summed E-state index contributed by atoms with van der Waals surface area (Å²) in [4.78, 5) is 17.2. The van der Waals surface area contributed by atoms with Gasteiger partial charge in [-0.2, -0.15) is 0 Å². The van der Waals surface area contributed by atoms with Crippen molar-refractivity contribution in [3.8, 4) is 0 Å². The van der Waals surface area contributed by atoms with Crippen molar-refractivity contribution in [1.82, 2.24) is 9.80 Å². The van der Waals surface area contributed by atoms with Crippen LogP contribution in [0.4, 0.5) is 0 Å². The van der Waals surface area contributed by atoms with Crippen LogP contribution in [0.2, 0.25) is 0 Å². The molecule has 0 N–H and O–H groups in total. The molecule has 0 saturated carbocycles. The lowest BCUT2D eigenvalue weighted by Gasteiger charge is -2.35. The molecule has 0 spiro atoms. The molecule has 0 aliphatic carbocycles. The van der Waals surface area contributed by atoms with Crippen molar-refractivity contribution in [2.24, 2.45) is 5.92 Å². The number of carbonyl (C=O) groups excluding carboxylic acids is 1. The summed E-state index contributed by atoms with van der Waals surface area (Å²) in [5.74, 6) is 0.273. The normalized spacial score (nSPS) is 29.9. The Morgan fingerprint density at radius 1 is 1.26 bits per heavy atom. The van der Waals surface area contributed by atoms with E-state index in [1.54, 1.807) is 7.11 Å². The summed E-state index contributed by atoms with van der Waals surface area (Å²) < 4.78 is 5.13. The molecule has 2 saturated heterocycles. The van der Waals surface area contributed by atoms with E-state index in [2.05, 4.69) is 16.7 Å². The molecule has 2 rings (SSSR count). The number of ether oxygens (including phenoxy) is 1. The van der Waals surface area contributed by atoms with Gasteiger partial charge >= 0.3 is 0 Å². The lowest BCUT2D eigenvalue weighted by Crippen LogP contribution is -2.49. The van der Waals surface area contributed by atoms with Gasteiger partial charge in [-0.25, -0.2) is 0 Å². The third-order valence-electron chi connectivity index (χ3n) is 4.69. The number of methoxy groups -OCH3 is 1. The molecule has 19 heavy (non-hydrogen) atoms. The fourth-order valence-electron chi connectivity index (χ4n) is 3.75. The van der Waals surface area contributed by atoms with E-state index in [0.717, 1.165) is 19.5 Å². The van der Waals surface area contributed by atoms with E-state index in [4.69, 9.17) is 4.74 Å². The number of likely N-dealkylation sites (N-methyl/N-ethyl adjacent to an activating group) is 1. The first-order chi connectivity index (χ1) is 9.19. The maximum Gasteiger partial charge on any atom is 0.228 e. The number of carbonyl (C=O) groups is 1. The third kappa shape index (κ3) is 3.11. The molecule has 3 unspecified atom stereocenters. The smallest absolute Gasteiger partial charge is 0.228 e. The quantitative estimate of drug-likeness (QED) is 0.761. The lowest BCUT2D eigenvalue weighted by atomic mass is 10.0. The van der Waals surface area contributed by atoms with Gasteiger partial charge < -0.3 is 9.64 Å². The van der Waals surface area contributed by atoms with Crippen molar-refractivity contribution in [2.75, 3.05) is 33.4 Å². The van der Waals surface area contributed by atoms with Crippen molar-refractivity contribution in [2.45, 2.75) is 51.6 Å². The number of nitrogens with zero attached hydrogens (tertiary/aromatic N) is 2. The second-order valence-corrected chi connectivity index (χ2v) is 5.94. The highest BCUT2D eigenvalue weighted by Crippen LogP contribution is 2.30. The summed E-state index contributed by atoms with van der Waals surface area (Å²) in [5, 5.41) is 0. The number of likely N-dealkylation sites (tertiary alicyclic amines) is 2. The van der Waals surface area contributed by atoms with Gasteiger partial charge in [-0.1, -0.05) is 13.8 Å². The molecular weight excluding hydrogens is 240 g/mol. The van der Waals surface area contributed by atoms with Gasteiger partial charge in [-0.15, -0.1) is 0 Å². The van der Waals surface area contributed by atoms with Gasteiger partial charge in [0.25, 0.3) is 0 Å². The molecule has 1 amide bonds. The zero-order valence-electron chi connectivity index (χ0n) is 12.6. The van der Waals surface area contributed by atoms with Gasteiger partial charge in [0.15, 0.2) is 0 Å². The van der Waals surface area contributed by atoms with E-state index >= 15 is 0 Å². The molecule has 110 valence electrons. The number of hydrogen-bond acceptors (Lipinski definition) is 3. The Morgan fingerprint density at radius 3 is 2.63 bits per heavy atom. The first kappa shape index (κ1) is 14.8. The highest BCUT2D eigenvalue weighted by Gasteiger charge is 2.39. The Labute approximate surface area is 117 Å². The van der Waals surface area contributed by atoms with E-state index in [9.17, 15) is 4.79 Å². The summed E-state index contributed by atoms with van der Waals surface area (Å²) >= 11 is 0. The standard InChI is InChI=1S/C15H28N2O2/c1-4-16-9-5-7-13(16)14-8-6-10-17(14)15(18)12(2)11-19-3/h12-14H,4-11H2,1-3H3. The number of rotatable bonds is 5. The number of hydrogen-bond donors (Lipinski definition) is 0. The van der Waals surface area contributed by atoms with Gasteiger partial charge in [0, 0.05) is 25.7 Å². The van der Waals surface area contributed by atoms with Crippen molar-refractivity contribution in [3.63, 3.8) is 0 Å².